The molecule has 0 saturated heterocycles. The van der Waals surface area contributed by atoms with Crippen LogP contribution < -0.4 is 9.44 Å². The lowest BCUT2D eigenvalue weighted by atomic mass is 10.1. The molecular formula is C18H17N3O5S2. The summed E-state index contributed by atoms with van der Waals surface area (Å²) in [5, 5.41) is 0. The molecule has 10 heteroatoms. The maximum absolute atomic E-state index is 12.4. The van der Waals surface area contributed by atoms with Gasteiger partial charge in [0.05, 0.1) is 22.1 Å². The first-order chi connectivity index (χ1) is 13.3. The van der Waals surface area contributed by atoms with Crippen LogP contribution in [0.3, 0.4) is 0 Å². The molecule has 8 nitrogen and oxygen atoms in total. The Balaban J connectivity index is 0.00000136. The summed E-state index contributed by atoms with van der Waals surface area (Å²) in [6, 6.07) is 12.9. The van der Waals surface area contributed by atoms with E-state index in [1.54, 1.807) is 16.9 Å². The van der Waals surface area contributed by atoms with E-state index in [0.29, 0.717) is 0 Å². The van der Waals surface area contributed by atoms with Gasteiger partial charge in [-0.25, -0.2) is 21.7 Å². The summed E-state index contributed by atoms with van der Waals surface area (Å²) in [5.74, 6) is -1.22. The van der Waals surface area contributed by atoms with Crippen molar-refractivity contribution < 1.29 is 21.6 Å². The van der Waals surface area contributed by atoms with E-state index in [1.807, 2.05) is 13.8 Å². The maximum atomic E-state index is 12.4. The zero-order valence-corrected chi connectivity index (χ0v) is 16.6. The van der Waals surface area contributed by atoms with Crippen molar-refractivity contribution >= 4 is 31.7 Å². The van der Waals surface area contributed by atoms with Crippen LogP contribution in [-0.2, 0) is 24.8 Å². The van der Waals surface area contributed by atoms with Crippen LogP contribution in [0, 0.1) is 6.57 Å². The highest BCUT2D eigenvalue weighted by Crippen LogP contribution is 2.32. The highest BCUT2D eigenvalue weighted by atomic mass is 32.2. The van der Waals surface area contributed by atoms with Crippen molar-refractivity contribution in [3.05, 3.63) is 77.3 Å². The first-order valence-electron chi connectivity index (χ1n) is 8.12. The fourth-order valence-electron chi connectivity index (χ4n) is 2.38. The van der Waals surface area contributed by atoms with Crippen LogP contribution in [-0.4, -0.2) is 22.7 Å². The third-order valence-electron chi connectivity index (χ3n) is 3.53. The highest BCUT2D eigenvalue weighted by molar-refractivity contribution is 7.90. The summed E-state index contributed by atoms with van der Waals surface area (Å²) in [5.41, 5.74) is -0.792. The molecular weight excluding hydrogens is 402 g/mol. The lowest BCUT2D eigenvalue weighted by Gasteiger charge is -2.08. The molecule has 0 fully saturated rings. The van der Waals surface area contributed by atoms with Gasteiger partial charge in [-0.2, -0.15) is 0 Å². The Morgan fingerprint density at radius 3 is 2.21 bits per heavy atom. The number of sulfonamides is 2. The lowest BCUT2D eigenvalue weighted by Crippen LogP contribution is -2.32. The van der Waals surface area contributed by atoms with Crippen LogP contribution in [0.4, 0.5) is 0 Å². The smallest absolute Gasteiger partial charge is 0.275 e. The summed E-state index contributed by atoms with van der Waals surface area (Å²) >= 11 is 0. The van der Waals surface area contributed by atoms with E-state index >= 15 is 0 Å². The van der Waals surface area contributed by atoms with E-state index in [0.717, 1.165) is 0 Å². The van der Waals surface area contributed by atoms with Gasteiger partial charge in [-0.15, -0.1) is 0 Å². The Morgan fingerprint density at radius 2 is 1.61 bits per heavy atom. The SMILES string of the molecule is CC.[C-]#[N+]/C(C(=O)NS(=O)(=O)c1ccccc1)=C1\NS(=O)(=O)c2ccccc21. The van der Waals surface area contributed by atoms with Crippen LogP contribution >= 0.6 is 0 Å². The third-order valence-corrected chi connectivity index (χ3v) is 6.28. The van der Waals surface area contributed by atoms with Crippen molar-refractivity contribution in [1.29, 1.82) is 0 Å². The van der Waals surface area contributed by atoms with Gasteiger partial charge >= 0.3 is 0 Å². The predicted molar refractivity (Wildman–Crippen MR) is 103 cm³/mol. The first kappa shape index (κ1) is 21.1. The summed E-state index contributed by atoms with van der Waals surface area (Å²) in [6.45, 7) is 11.2. The van der Waals surface area contributed by atoms with Crippen molar-refractivity contribution in [2.24, 2.45) is 0 Å². The predicted octanol–water partition coefficient (Wildman–Crippen LogP) is 2.10. The van der Waals surface area contributed by atoms with E-state index in [4.69, 9.17) is 6.57 Å². The number of fused-ring (bicyclic) bond motifs is 1. The van der Waals surface area contributed by atoms with E-state index in [2.05, 4.69) is 9.57 Å². The van der Waals surface area contributed by atoms with Gasteiger partial charge in [0.1, 0.15) is 0 Å². The number of hydrogen-bond acceptors (Lipinski definition) is 5. The van der Waals surface area contributed by atoms with Crippen molar-refractivity contribution in [3.8, 4) is 0 Å². The normalized spacial score (nSPS) is 15.8. The number of carbonyl (C=O) groups is 1. The van der Waals surface area contributed by atoms with Crippen molar-refractivity contribution in [2.75, 3.05) is 0 Å². The molecule has 0 atom stereocenters. The second-order valence-electron chi connectivity index (χ2n) is 5.18. The fourth-order valence-corrected chi connectivity index (χ4v) is 4.65. The Morgan fingerprint density at radius 1 is 1.04 bits per heavy atom. The van der Waals surface area contributed by atoms with Gasteiger partial charge in [0.25, 0.3) is 31.7 Å². The van der Waals surface area contributed by atoms with Crippen LogP contribution in [0.25, 0.3) is 10.5 Å². The van der Waals surface area contributed by atoms with Gasteiger partial charge in [-0.1, -0.05) is 50.2 Å². The second kappa shape index (κ2) is 8.24. The zero-order valence-electron chi connectivity index (χ0n) is 15.0. The number of hydrogen-bond donors (Lipinski definition) is 2. The largest absolute Gasteiger partial charge is 0.289 e. The molecule has 0 spiro atoms. The minimum atomic E-state index is -4.20. The summed E-state index contributed by atoms with van der Waals surface area (Å²) in [7, 11) is -8.12. The standard InChI is InChI=1S/C16H11N3O5S2.C2H6/c1-17-15(14-12-9-5-6-10-13(12)26(23,24)18-14)16(20)19-25(21,22)11-7-3-2-4-8-11;1-2/h2-10,18H,(H,19,20);1-2H3/b15-14-;. The Labute approximate surface area is 163 Å². The van der Waals surface area contributed by atoms with Crippen LogP contribution in [0.2, 0.25) is 0 Å². The molecule has 0 bridgehead atoms. The minimum absolute atomic E-state index is 0.0881. The molecule has 0 aliphatic carbocycles. The van der Waals surface area contributed by atoms with Crippen molar-refractivity contribution in [2.45, 2.75) is 23.6 Å². The van der Waals surface area contributed by atoms with Crippen LogP contribution in [0.1, 0.15) is 19.4 Å². The topological polar surface area (TPSA) is 114 Å². The summed E-state index contributed by atoms with van der Waals surface area (Å²) in [4.78, 5) is 15.2. The van der Waals surface area contributed by atoms with Gasteiger partial charge < -0.3 is 0 Å². The Bertz CT molecular complexity index is 1180. The molecule has 28 heavy (non-hydrogen) atoms. The summed E-state index contributed by atoms with van der Waals surface area (Å²) < 4.78 is 52.7. The fraction of sp³-hybridized carbons (Fsp3) is 0.111. The average Bonchev–Trinajstić information content (AvgIpc) is 2.96. The van der Waals surface area contributed by atoms with Crippen LogP contribution in [0.15, 0.2) is 70.1 Å². The molecule has 0 radical (unpaired) electrons. The summed E-state index contributed by atoms with van der Waals surface area (Å²) in [6.07, 6.45) is 0. The number of rotatable bonds is 3. The second-order valence-corrected chi connectivity index (χ2v) is 8.52. The molecule has 2 aromatic carbocycles. The lowest BCUT2D eigenvalue weighted by molar-refractivity contribution is -0.115. The first-order valence-corrected chi connectivity index (χ1v) is 11.1. The molecule has 0 aromatic heterocycles. The van der Waals surface area contributed by atoms with Crippen molar-refractivity contribution in [1.82, 2.24) is 9.44 Å². The monoisotopic (exact) mass is 419 g/mol. The maximum Gasteiger partial charge on any atom is 0.275 e. The Kier molecular flexibility index (Phi) is 6.23. The van der Waals surface area contributed by atoms with Gasteiger partial charge in [-0.05, 0) is 18.2 Å². The van der Waals surface area contributed by atoms with E-state index in [1.165, 1.54) is 42.5 Å². The minimum Gasteiger partial charge on any atom is -0.289 e. The van der Waals surface area contributed by atoms with Gasteiger partial charge in [0.15, 0.2) is 0 Å². The number of amides is 1. The molecule has 0 saturated carbocycles. The number of nitrogens with one attached hydrogen (secondary N) is 2. The van der Waals surface area contributed by atoms with E-state index in [-0.39, 0.29) is 21.1 Å². The quantitative estimate of drug-likeness (QED) is 0.584. The number of nitrogens with zero attached hydrogens (tertiary/aromatic N) is 1. The molecule has 0 unspecified atom stereocenters. The average molecular weight is 419 g/mol. The van der Waals surface area contributed by atoms with Gasteiger partial charge in [-0.3, -0.25) is 14.2 Å². The van der Waals surface area contributed by atoms with Gasteiger partial charge in [0, 0.05) is 5.56 Å². The molecule has 2 N–H and O–H groups in total. The number of carbonyl (C=O) groups excluding carboxylic acids is 1. The molecule has 2 aromatic rings. The molecule has 146 valence electrons. The third kappa shape index (κ3) is 4.05. The molecule has 1 aliphatic heterocycles. The molecule has 1 heterocycles. The van der Waals surface area contributed by atoms with Crippen molar-refractivity contribution in [3.63, 3.8) is 0 Å². The molecule has 3 rings (SSSR count). The number of benzene rings is 2. The highest BCUT2D eigenvalue weighted by Gasteiger charge is 2.34. The van der Waals surface area contributed by atoms with E-state index in [9.17, 15) is 21.6 Å². The van der Waals surface area contributed by atoms with Crippen LogP contribution in [0.5, 0.6) is 0 Å². The van der Waals surface area contributed by atoms with E-state index < -0.39 is 31.7 Å². The molecule has 1 aliphatic rings. The Hall–Kier alpha value is -3.16. The zero-order chi connectivity index (χ0) is 20.9. The van der Waals surface area contributed by atoms with Gasteiger partial charge in [0.2, 0.25) is 0 Å². The molecule has 1 amide bonds.